The van der Waals surface area contributed by atoms with Crippen LogP contribution in [0.25, 0.3) is 0 Å². The summed E-state index contributed by atoms with van der Waals surface area (Å²) < 4.78 is 28.0. The van der Waals surface area contributed by atoms with Gasteiger partial charge in [-0.1, -0.05) is 24.6 Å². The van der Waals surface area contributed by atoms with Crippen molar-refractivity contribution in [3.8, 4) is 0 Å². The molecule has 2 unspecified atom stereocenters. The molecule has 0 amide bonds. The molecular weight excluding hydrogens is 531 g/mol. The van der Waals surface area contributed by atoms with Crippen molar-refractivity contribution in [3.05, 3.63) is 29.8 Å². The zero-order chi connectivity index (χ0) is 20.7. The minimum absolute atomic E-state index is 0. The highest BCUT2D eigenvalue weighted by Gasteiger charge is 2.28. The van der Waals surface area contributed by atoms with E-state index in [0.29, 0.717) is 35.8 Å². The molecule has 2 fully saturated rings. The second-order valence-corrected chi connectivity index (χ2v) is 10.8. The van der Waals surface area contributed by atoms with Gasteiger partial charge in [0.05, 0.1) is 11.4 Å². The first-order valence-corrected chi connectivity index (χ1v) is 13.4. The summed E-state index contributed by atoms with van der Waals surface area (Å²) in [5, 5.41) is 7.56. The molecule has 0 spiro atoms. The normalized spacial score (nSPS) is 23.1. The Labute approximate surface area is 203 Å². The lowest BCUT2D eigenvalue weighted by Crippen LogP contribution is -2.42. The van der Waals surface area contributed by atoms with Crippen LogP contribution < -0.4 is 10.6 Å². The van der Waals surface area contributed by atoms with Gasteiger partial charge in [-0.25, -0.2) is 13.4 Å². The number of nitrogens with one attached hydrogen (secondary N) is 2. The number of hydrogen-bond acceptors (Lipinski definition) is 4. The van der Waals surface area contributed by atoms with Crippen LogP contribution >= 0.6 is 35.7 Å². The van der Waals surface area contributed by atoms with Crippen LogP contribution in [-0.2, 0) is 16.6 Å². The second kappa shape index (κ2) is 12.5. The van der Waals surface area contributed by atoms with Gasteiger partial charge >= 0.3 is 0 Å². The van der Waals surface area contributed by atoms with Crippen LogP contribution in [0.5, 0.6) is 0 Å². The lowest BCUT2D eigenvalue weighted by molar-refractivity contribution is 0.346. The Morgan fingerprint density at radius 1 is 1.20 bits per heavy atom. The average Bonchev–Trinajstić information content (AvgIpc) is 3.20. The average molecular weight is 567 g/mol. The molecule has 1 aromatic rings. The van der Waals surface area contributed by atoms with Crippen LogP contribution in [0.15, 0.2) is 34.2 Å². The largest absolute Gasteiger partial charge is 0.357 e. The van der Waals surface area contributed by atoms with E-state index in [1.54, 1.807) is 16.4 Å². The van der Waals surface area contributed by atoms with E-state index in [1.807, 2.05) is 30.8 Å². The number of benzene rings is 1. The maximum absolute atomic E-state index is 13.2. The number of nitrogens with zero attached hydrogens (tertiary/aromatic N) is 2. The number of piperidine rings is 1. The minimum Gasteiger partial charge on any atom is -0.357 e. The Kier molecular flexibility index (Phi) is 10.7. The Bertz CT molecular complexity index is 798. The van der Waals surface area contributed by atoms with E-state index in [0.717, 1.165) is 50.2 Å². The quantitative estimate of drug-likeness (QED) is 0.298. The van der Waals surface area contributed by atoms with Gasteiger partial charge in [-0.05, 0) is 56.9 Å². The first kappa shape index (κ1) is 25.7. The molecule has 1 aliphatic heterocycles. The summed E-state index contributed by atoms with van der Waals surface area (Å²) in [5.41, 5.74) is 0.753. The van der Waals surface area contributed by atoms with E-state index >= 15 is 0 Å². The van der Waals surface area contributed by atoms with Crippen molar-refractivity contribution >= 4 is 51.7 Å². The van der Waals surface area contributed by atoms with E-state index in [4.69, 9.17) is 4.99 Å². The van der Waals surface area contributed by atoms with Crippen molar-refractivity contribution < 1.29 is 8.42 Å². The highest BCUT2D eigenvalue weighted by molar-refractivity contribution is 14.0. The molecule has 1 heterocycles. The molecule has 1 aromatic carbocycles. The summed E-state index contributed by atoms with van der Waals surface area (Å²) >= 11 is 1.93. The molecule has 2 N–H and O–H groups in total. The van der Waals surface area contributed by atoms with E-state index < -0.39 is 10.0 Å². The molecule has 170 valence electrons. The molecule has 0 bridgehead atoms. The summed E-state index contributed by atoms with van der Waals surface area (Å²) in [5.74, 6) is 0.768. The van der Waals surface area contributed by atoms with Crippen molar-refractivity contribution in [1.82, 2.24) is 14.9 Å². The molecule has 9 heteroatoms. The van der Waals surface area contributed by atoms with Crippen LogP contribution in [0.2, 0.25) is 0 Å². The number of thioether (sulfide) groups is 1. The Morgan fingerprint density at radius 3 is 2.60 bits per heavy atom. The van der Waals surface area contributed by atoms with Crippen LogP contribution in [0.1, 0.15) is 51.0 Å². The van der Waals surface area contributed by atoms with E-state index in [9.17, 15) is 8.42 Å². The number of halogens is 1. The fourth-order valence-electron chi connectivity index (χ4n) is 4.09. The van der Waals surface area contributed by atoms with Gasteiger partial charge in [0, 0.05) is 30.9 Å². The van der Waals surface area contributed by atoms with Crippen LogP contribution in [0, 0.1) is 0 Å². The zero-order valence-electron chi connectivity index (χ0n) is 18.0. The molecule has 1 aliphatic carbocycles. The van der Waals surface area contributed by atoms with Gasteiger partial charge in [-0.2, -0.15) is 16.1 Å². The number of sulfonamides is 1. The van der Waals surface area contributed by atoms with Gasteiger partial charge in [-0.15, -0.1) is 24.0 Å². The van der Waals surface area contributed by atoms with Crippen LogP contribution in [0.3, 0.4) is 0 Å². The van der Waals surface area contributed by atoms with E-state index in [1.165, 1.54) is 6.42 Å². The second-order valence-electron chi connectivity index (χ2n) is 7.78. The number of guanidine groups is 1. The summed E-state index contributed by atoms with van der Waals surface area (Å²) in [4.78, 5) is 5.12. The monoisotopic (exact) mass is 566 g/mol. The first-order chi connectivity index (χ1) is 14.0. The Morgan fingerprint density at radius 2 is 1.93 bits per heavy atom. The highest BCUT2D eigenvalue weighted by atomic mass is 127. The van der Waals surface area contributed by atoms with Gasteiger partial charge in [0.2, 0.25) is 10.0 Å². The molecule has 6 nitrogen and oxygen atoms in total. The Balaban J connectivity index is 0.00000320. The molecular formula is C21H35IN4O2S2. The fourth-order valence-corrected chi connectivity index (χ4v) is 6.62. The topological polar surface area (TPSA) is 73.8 Å². The molecule has 1 saturated carbocycles. The maximum atomic E-state index is 13.2. The van der Waals surface area contributed by atoms with Crippen molar-refractivity contribution in [3.63, 3.8) is 0 Å². The van der Waals surface area contributed by atoms with E-state index in [2.05, 4.69) is 16.9 Å². The first-order valence-electron chi connectivity index (χ1n) is 10.7. The number of hydrogen-bond donors (Lipinski definition) is 2. The molecule has 30 heavy (non-hydrogen) atoms. The number of aliphatic imine (C=N–C) groups is 1. The van der Waals surface area contributed by atoms with Crippen LogP contribution in [0.4, 0.5) is 0 Å². The van der Waals surface area contributed by atoms with Gasteiger partial charge in [0.25, 0.3) is 0 Å². The lowest BCUT2D eigenvalue weighted by Gasteiger charge is -2.26. The van der Waals surface area contributed by atoms with Crippen molar-refractivity contribution in [1.29, 1.82) is 0 Å². The maximum Gasteiger partial charge on any atom is 0.243 e. The van der Waals surface area contributed by atoms with Gasteiger partial charge in [-0.3, -0.25) is 0 Å². The molecule has 0 aromatic heterocycles. The predicted molar refractivity (Wildman–Crippen MR) is 137 cm³/mol. The standard InChI is InChI=1S/C21H34N4O2S2.HI/c1-3-22-21(24-18-11-12-19(15-18)28-2)23-16-17-9-5-6-10-20(17)29(26,27)25-13-7-4-8-14-25;/h5-6,9-10,18-19H,3-4,7-8,11-16H2,1-2H3,(H2,22,23,24);1H. The molecule has 0 radical (unpaired) electrons. The lowest BCUT2D eigenvalue weighted by atomic mass is 10.2. The molecule has 2 aliphatic rings. The smallest absolute Gasteiger partial charge is 0.243 e. The molecule has 2 atom stereocenters. The SMILES string of the molecule is CCNC(=NCc1ccccc1S(=O)(=O)N1CCCCC1)NC1CCC(SC)C1.I. The summed E-state index contributed by atoms with van der Waals surface area (Å²) in [6, 6.07) is 7.71. The van der Waals surface area contributed by atoms with E-state index in [-0.39, 0.29) is 24.0 Å². The van der Waals surface area contributed by atoms with Gasteiger partial charge in [0.1, 0.15) is 0 Å². The fraction of sp³-hybridized carbons (Fsp3) is 0.667. The summed E-state index contributed by atoms with van der Waals surface area (Å²) in [7, 11) is -3.47. The summed E-state index contributed by atoms with van der Waals surface area (Å²) in [6.45, 7) is 4.39. The van der Waals surface area contributed by atoms with Gasteiger partial charge in [0.15, 0.2) is 5.96 Å². The highest BCUT2D eigenvalue weighted by Crippen LogP contribution is 2.28. The third-order valence-electron chi connectivity index (χ3n) is 5.72. The number of rotatable bonds is 7. The molecule has 3 rings (SSSR count). The minimum atomic E-state index is -3.47. The predicted octanol–water partition coefficient (Wildman–Crippen LogP) is 3.82. The van der Waals surface area contributed by atoms with Gasteiger partial charge < -0.3 is 10.6 Å². The third kappa shape index (κ3) is 6.74. The Hall–Kier alpha value is -0.520. The van der Waals surface area contributed by atoms with Crippen molar-refractivity contribution in [2.45, 2.75) is 68.2 Å². The summed E-state index contributed by atoms with van der Waals surface area (Å²) in [6.07, 6.45) is 8.68. The molecule has 1 saturated heterocycles. The third-order valence-corrected chi connectivity index (χ3v) is 8.81. The van der Waals surface area contributed by atoms with Crippen molar-refractivity contribution in [2.75, 3.05) is 25.9 Å². The van der Waals surface area contributed by atoms with Crippen LogP contribution in [-0.4, -0.2) is 55.9 Å². The zero-order valence-corrected chi connectivity index (χ0v) is 21.9. The van der Waals surface area contributed by atoms with Crippen molar-refractivity contribution in [2.24, 2.45) is 4.99 Å².